The molecule has 4 atom stereocenters. The van der Waals surface area contributed by atoms with E-state index in [4.69, 9.17) is 60.6 Å². The minimum Gasteiger partial charge on any atom is -0.457 e. The second-order valence-corrected chi connectivity index (χ2v) is 29.3. The minimum absolute atomic E-state index is 0.0143. The summed E-state index contributed by atoms with van der Waals surface area (Å²) in [6.45, 7) is 3.46. The van der Waals surface area contributed by atoms with Crippen molar-refractivity contribution in [2.75, 3.05) is 40.4 Å². The molecular formula is C88H86Cl4N6O11. The standard InChI is InChI=1S/C23H23ClN2O2.C23H22ClNO3.C22H22ClNO4.C20H19ClN2O2/c24-19-10-8-18(9-11-19)20-12-22(27)26(14-17-6-7-17)15-21(20)23(28)25-13-16-4-2-1-3-5-16;24-19-10-8-18(9-11-19)20-12-22(26)25(13-16-6-7-16)14-21(20)23(27)28-15-17-4-2-1-3-5-17;1-27-12-11-24-14-20(22(26)28-15-16-5-3-2-4-6-16)19(13-21(24)25)17-7-9-18(23)10-8-17;1-23-13-18(20(25)22-12-14-5-3-2-4-6-14)17(11-19(23)24)15-7-9-16(21)10-8-15/h1-5,8-11,15,17,20H,6-7,12-14H2,(H,25,28);1-5,8-11,14,16,20H,6-7,12-13,15H2;2-10,14,19H,11-13,15H2,1H3;2-10,13,17H,11-12H2,1H3,(H,22,25). The van der Waals surface area contributed by atoms with E-state index in [9.17, 15) is 38.4 Å². The average molecular weight is 1550 g/mol. The lowest BCUT2D eigenvalue weighted by molar-refractivity contribution is -0.142. The third-order valence-electron chi connectivity index (χ3n) is 19.5. The van der Waals surface area contributed by atoms with Crippen LogP contribution in [0.25, 0.3) is 0 Å². The van der Waals surface area contributed by atoms with Crippen molar-refractivity contribution >= 4 is 93.8 Å². The molecule has 2 saturated carbocycles. The van der Waals surface area contributed by atoms with Gasteiger partial charge >= 0.3 is 11.9 Å². The van der Waals surface area contributed by atoms with Crippen LogP contribution in [-0.4, -0.2) is 107 Å². The average Bonchev–Trinajstić information content (AvgIpc) is 1.62. The maximum absolute atomic E-state index is 13.0. The van der Waals surface area contributed by atoms with Crippen LogP contribution in [0.15, 0.2) is 265 Å². The van der Waals surface area contributed by atoms with Crippen LogP contribution >= 0.6 is 46.4 Å². The molecule has 8 aromatic rings. The molecule has 6 aliphatic rings. The summed E-state index contributed by atoms with van der Waals surface area (Å²) in [5.41, 5.74) is 9.70. The number of halogens is 4. The fraction of sp³-hybridized carbons (Fsp3) is 0.273. The number of rotatable bonds is 23. The predicted molar refractivity (Wildman–Crippen MR) is 422 cm³/mol. The Hall–Kier alpha value is -10.4. The van der Waals surface area contributed by atoms with Crippen molar-refractivity contribution in [3.63, 3.8) is 0 Å². The van der Waals surface area contributed by atoms with E-state index in [1.807, 2.05) is 170 Å². The highest BCUT2D eigenvalue weighted by atomic mass is 35.5. The van der Waals surface area contributed by atoms with Gasteiger partial charge in [0.1, 0.15) is 13.2 Å². The molecule has 2 fully saturated rings. The summed E-state index contributed by atoms with van der Waals surface area (Å²) in [6.07, 6.45) is 12.3. The highest BCUT2D eigenvalue weighted by Crippen LogP contribution is 2.41. The lowest BCUT2D eigenvalue weighted by Gasteiger charge is -2.31. The number of methoxy groups -OCH3 is 1. The first kappa shape index (κ1) is 79.6. The third kappa shape index (κ3) is 23.3. The molecule has 21 heteroatoms. The van der Waals surface area contributed by atoms with Crippen LogP contribution < -0.4 is 10.6 Å². The first-order valence-corrected chi connectivity index (χ1v) is 37.9. The Kier molecular flexibility index (Phi) is 28.6. The molecule has 0 radical (unpaired) electrons. The summed E-state index contributed by atoms with van der Waals surface area (Å²) in [7, 11) is 3.24. The molecule has 2 N–H and O–H groups in total. The number of hydrogen-bond acceptors (Lipinski definition) is 11. The van der Waals surface area contributed by atoms with Gasteiger partial charge in [-0.25, -0.2) is 9.59 Å². The van der Waals surface area contributed by atoms with Gasteiger partial charge in [-0.05, 0) is 131 Å². The number of esters is 2. The number of nitrogens with one attached hydrogen (secondary N) is 2. The van der Waals surface area contributed by atoms with Gasteiger partial charge in [0.15, 0.2) is 0 Å². The normalized spacial score (nSPS) is 18.1. The Balaban J connectivity index is 0.000000145. The van der Waals surface area contributed by atoms with E-state index < -0.39 is 5.97 Å². The zero-order valence-corrected chi connectivity index (χ0v) is 63.7. The largest absolute Gasteiger partial charge is 0.457 e. The number of hydrogen-bond donors (Lipinski definition) is 2. The molecule has 562 valence electrons. The van der Waals surface area contributed by atoms with E-state index in [-0.39, 0.29) is 97.6 Å². The molecule has 6 amide bonds. The van der Waals surface area contributed by atoms with Gasteiger partial charge in [0.05, 0.1) is 17.8 Å². The van der Waals surface area contributed by atoms with Gasteiger partial charge in [-0.15, -0.1) is 0 Å². The Morgan fingerprint density at radius 2 is 0.670 bits per heavy atom. The fourth-order valence-electron chi connectivity index (χ4n) is 13.0. The van der Waals surface area contributed by atoms with Crippen molar-refractivity contribution in [3.8, 4) is 0 Å². The molecule has 109 heavy (non-hydrogen) atoms. The van der Waals surface area contributed by atoms with E-state index in [2.05, 4.69) is 10.6 Å². The van der Waals surface area contributed by atoms with Crippen molar-refractivity contribution in [1.82, 2.24) is 30.2 Å². The van der Waals surface area contributed by atoms with Gasteiger partial charge in [-0.2, -0.15) is 0 Å². The van der Waals surface area contributed by atoms with Crippen molar-refractivity contribution in [2.24, 2.45) is 11.8 Å². The summed E-state index contributed by atoms with van der Waals surface area (Å²) in [5.74, 6) is -1.14. The quantitative estimate of drug-likeness (QED) is 0.0577. The minimum atomic E-state index is -0.432. The molecule has 0 saturated heterocycles. The van der Waals surface area contributed by atoms with E-state index in [0.29, 0.717) is 100.0 Å². The van der Waals surface area contributed by atoms with E-state index in [1.54, 1.807) is 97.3 Å². The van der Waals surface area contributed by atoms with Crippen LogP contribution in [0.1, 0.15) is 120 Å². The van der Waals surface area contributed by atoms with Gasteiger partial charge in [0.25, 0.3) is 0 Å². The molecule has 0 aromatic heterocycles. The Bertz CT molecular complexity index is 4450. The van der Waals surface area contributed by atoms with Gasteiger partial charge in [-0.1, -0.05) is 216 Å². The van der Waals surface area contributed by atoms with Crippen LogP contribution in [0.4, 0.5) is 0 Å². The van der Waals surface area contributed by atoms with Gasteiger partial charge in [0, 0.05) is 152 Å². The third-order valence-corrected chi connectivity index (χ3v) is 20.5. The van der Waals surface area contributed by atoms with Gasteiger partial charge in [-0.3, -0.25) is 28.8 Å². The number of benzene rings is 8. The lowest BCUT2D eigenvalue weighted by atomic mass is 9.85. The zero-order chi connectivity index (χ0) is 76.8. The maximum atomic E-state index is 13.0. The molecule has 0 bridgehead atoms. The molecule has 4 unspecified atom stereocenters. The van der Waals surface area contributed by atoms with Crippen molar-refractivity contribution < 1.29 is 52.6 Å². The maximum Gasteiger partial charge on any atom is 0.336 e. The summed E-state index contributed by atoms with van der Waals surface area (Å²) >= 11 is 23.9. The lowest BCUT2D eigenvalue weighted by Crippen LogP contribution is -2.38. The molecule has 4 heterocycles. The number of carbonyl (C=O) groups is 8. The molecule has 2 aliphatic carbocycles. The molecule has 4 aliphatic heterocycles. The van der Waals surface area contributed by atoms with Crippen LogP contribution in [0.2, 0.25) is 20.1 Å². The Labute approximate surface area is 656 Å². The van der Waals surface area contributed by atoms with E-state index in [0.717, 1.165) is 70.2 Å². The number of carbonyl (C=O) groups excluding carboxylic acids is 8. The molecule has 8 aromatic carbocycles. The van der Waals surface area contributed by atoms with Gasteiger partial charge < -0.3 is 44.4 Å². The molecular weight excluding hydrogens is 1460 g/mol. The molecule has 17 nitrogen and oxygen atoms in total. The van der Waals surface area contributed by atoms with E-state index in [1.165, 1.54) is 9.80 Å². The van der Waals surface area contributed by atoms with Crippen molar-refractivity contribution in [3.05, 3.63) is 330 Å². The summed E-state index contributed by atoms with van der Waals surface area (Å²) in [4.78, 5) is 108. The first-order valence-electron chi connectivity index (χ1n) is 36.4. The van der Waals surface area contributed by atoms with Crippen LogP contribution in [0.3, 0.4) is 0 Å². The van der Waals surface area contributed by atoms with Crippen LogP contribution in [0.5, 0.6) is 0 Å². The number of nitrogens with zero attached hydrogens (tertiary/aromatic N) is 4. The molecule has 14 rings (SSSR count). The van der Waals surface area contributed by atoms with Crippen molar-refractivity contribution in [1.29, 1.82) is 0 Å². The van der Waals surface area contributed by atoms with Crippen molar-refractivity contribution in [2.45, 2.75) is 101 Å². The fourth-order valence-corrected chi connectivity index (χ4v) is 13.5. The smallest absolute Gasteiger partial charge is 0.336 e. The SMILES string of the molecule is CN1C=C(C(=O)NCc2ccccc2)C(c2ccc(Cl)cc2)CC1=O.COCCN1C=C(C(=O)OCc2ccccc2)C(c2ccc(Cl)cc2)CC1=O.O=C(NCc1ccccc1)C1=CN(CC2CC2)C(=O)CC1c1ccc(Cl)cc1.O=C(OCc1ccccc1)C1=CN(CC2CC2)C(=O)CC1c1ccc(Cl)cc1. The topological polar surface area (TPSA) is 201 Å². The number of ether oxygens (including phenoxy) is 3. The summed E-state index contributed by atoms with van der Waals surface area (Å²) < 4.78 is 16.2. The first-order chi connectivity index (χ1) is 52.8. The van der Waals surface area contributed by atoms with Gasteiger partial charge in [0.2, 0.25) is 35.4 Å². The van der Waals surface area contributed by atoms with Crippen LogP contribution in [-0.2, 0) is 78.9 Å². The highest BCUT2D eigenvalue weighted by molar-refractivity contribution is 6.31. The summed E-state index contributed by atoms with van der Waals surface area (Å²) in [5, 5.41) is 8.45. The predicted octanol–water partition coefficient (Wildman–Crippen LogP) is 16.4. The summed E-state index contributed by atoms with van der Waals surface area (Å²) in [6, 6.07) is 67.8. The Morgan fingerprint density at radius 1 is 0.376 bits per heavy atom. The number of amides is 6. The Morgan fingerprint density at radius 3 is 1.01 bits per heavy atom. The van der Waals surface area contributed by atoms with E-state index >= 15 is 0 Å². The monoisotopic (exact) mass is 1540 g/mol. The van der Waals surface area contributed by atoms with Crippen LogP contribution in [0, 0.1) is 11.8 Å². The highest BCUT2D eigenvalue weighted by Gasteiger charge is 2.39. The second-order valence-electron chi connectivity index (χ2n) is 27.6. The second kappa shape index (κ2) is 39.1. The zero-order valence-electron chi connectivity index (χ0n) is 60.7. The molecule has 0 spiro atoms.